The first-order valence-electron chi connectivity index (χ1n) is 4.93. The second-order valence-electron chi connectivity index (χ2n) is 3.22. The maximum absolute atomic E-state index is 11.3. The fourth-order valence-corrected chi connectivity index (χ4v) is 1.53. The fraction of sp³-hybridized carbons (Fsp3) is 0.778. The maximum Gasteiger partial charge on any atom is 0.409 e. The Hall–Kier alpha value is -1.26. The predicted molar refractivity (Wildman–Crippen MR) is 54.3 cm³/mol. The molecule has 1 fully saturated rings. The van der Waals surface area contributed by atoms with Gasteiger partial charge in [-0.1, -0.05) is 0 Å². The predicted octanol–water partition coefficient (Wildman–Crippen LogP) is 0.594. The molecule has 0 aromatic carbocycles. The summed E-state index contributed by atoms with van der Waals surface area (Å²) >= 11 is 0. The SMILES string of the molecule is CCOC(=O)N1CCC(N=CN)CC1. The lowest BCUT2D eigenvalue weighted by molar-refractivity contribution is 0.0975. The van der Waals surface area contributed by atoms with Gasteiger partial charge in [0.15, 0.2) is 0 Å². The molecule has 0 aromatic heterocycles. The van der Waals surface area contributed by atoms with Crippen LogP contribution in [0.4, 0.5) is 4.79 Å². The van der Waals surface area contributed by atoms with Gasteiger partial charge in [0.05, 0.1) is 19.0 Å². The normalized spacial score (nSPS) is 18.8. The summed E-state index contributed by atoms with van der Waals surface area (Å²) in [5, 5.41) is 0. The van der Waals surface area contributed by atoms with Crippen LogP contribution in [0.1, 0.15) is 19.8 Å². The zero-order valence-corrected chi connectivity index (χ0v) is 8.48. The first kappa shape index (κ1) is 10.8. The van der Waals surface area contributed by atoms with Gasteiger partial charge < -0.3 is 15.4 Å². The Labute approximate surface area is 83.9 Å². The lowest BCUT2D eigenvalue weighted by Crippen LogP contribution is -2.40. The van der Waals surface area contributed by atoms with E-state index in [0.29, 0.717) is 19.7 Å². The highest BCUT2D eigenvalue weighted by Crippen LogP contribution is 2.13. The summed E-state index contributed by atoms with van der Waals surface area (Å²) in [6.07, 6.45) is 2.85. The Balaban J connectivity index is 2.31. The minimum atomic E-state index is -0.220. The van der Waals surface area contributed by atoms with Crippen LogP contribution in [-0.4, -0.2) is 43.1 Å². The number of amides is 1. The van der Waals surface area contributed by atoms with E-state index in [-0.39, 0.29) is 12.1 Å². The molecular weight excluding hydrogens is 182 g/mol. The van der Waals surface area contributed by atoms with Gasteiger partial charge in [-0.3, -0.25) is 4.99 Å². The second kappa shape index (κ2) is 5.47. The standard InChI is InChI=1S/C9H17N3O2/c1-2-14-9(13)12-5-3-8(4-6-12)11-7-10/h7-8H,2-6H2,1H3,(H2,10,11). The molecule has 1 aliphatic heterocycles. The molecule has 1 heterocycles. The van der Waals surface area contributed by atoms with Gasteiger partial charge in [-0.25, -0.2) is 4.79 Å². The minimum absolute atomic E-state index is 0.220. The van der Waals surface area contributed by atoms with Crippen LogP contribution in [0.3, 0.4) is 0 Å². The smallest absolute Gasteiger partial charge is 0.409 e. The van der Waals surface area contributed by atoms with Crippen molar-refractivity contribution in [3.63, 3.8) is 0 Å². The second-order valence-corrected chi connectivity index (χ2v) is 3.22. The highest BCUT2D eigenvalue weighted by molar-refractivity contribution is 5.67. The van der Waals surface area contributed by atoms with Gasteiger partial charge in [-0.15, -0.1) is 0 Å². The van der Waals surface area contributed by atoms with Crippen molar-refractivity contribution in [2.45, 2.75) is 25.8 Å². The molecule has 1 saturated heterocycles. The number of carbonyl (C=O) groups excluding carboxylic acids is 1. The van der Waals surface area contributed by atoms with Crippen LogP contribution in [-0.2, 0) is 4.74 Å². The first-order chi connectivity index (χ1) is 6.77. The summed E-state index contributed by atoms with van der Waals surface area (Å²) in [5.41, 5.74) is 5.20. The zero-order valence-electron chi connectivity index (χ0n) is 8.48. The maximum atomic E-state index is 11.3. The van der Waals surface area contributed by atoms with Gasteiger partial charge in [-0.2, -0.15) is 0 Å². The van der Waals surface area contributed by atoms with E-state index in [1.165, 1.54) is 6.34 Å². The Morgan fingerprint density at radius 3 is 2.79 bits per heavy atom. The van der Waals surface area contributed by atoms with E-state index < -0.39 is 0 Å². The summed E-state index contributed by atoms with van der Waals surface area (Å²) in [6.45, 7) is 3.66. The van der Waals surface area contributed by atoms with Crippen LogP contribution in [0.15, 0.2) is 4.99 Å². The third-order valence-electron chi connectivity index (χ3n) is 2.29. The van der Waals surface area contributed by atoms with Gasteiger partial charge in [-0.05, 0) is 19.8 Å². The average molecular weight is 199 g/mol. The van der Waals surface area contributed by atoms with Crippen LogP contribution in [0, 0.1) is 0 Å². The minimum Gasteiger partial charge on any atom is -0.450 e. The Bertz CT molecular complexity index is 210. The van der Waals surface area contributed by atoms with Gasteiger partial charge >= 0.3 is 6.09 Å². The van der Waals surface area contributed by atoms with Crippen molar-refractivity contribution in [2.24, 2.45) is 10.7 Å². The van der Waals surface area contributed by atoms with Gasteiger partial charge in [0.1, 0.15) is 0 Å². The summed E-state index contributed by atoms with van der Waals surface area (Å²) in [5.74, 6) is 0. The van der Waals surface area contributed by atoms with Crippen molar-refractivity contribution in [2.75, 3.05) is 19.7 Å². The number of nitrogens with zero attached hydrogens (tertiary/aromatic N) is 2. The summed E-state index contributed by atoms with van der Waals surface area (Å²) in [7, 11) is 0. The van der Waals surface area contributed by atoms with Crippen LogP contribution in [0.25, 0.3) is 0 Å². The van der Waals surface area contributed by atoms with Crippen molar-refractivity contribution in [1.29, 1.82) is 0 Å². The van der Waals surface area contributed by atoms with E-state index in [9.17, 15) is 4.79 Å². The molecule has 1 aliphatic rings. The summed E-state index contributed by atoms with van der Waals surface area (Å²) < 4.78 is 4.90. The summed E-state index contributed by atoms with van der Waals surface area (Å²) in [4.78, 5) is 17.1. The van der Waals surface area contributed by atoms with Gasteiger partial charge in [0, 0.05) is 13.1 Å². The molecule has 5 heteroatoms. The number of rotatable bonds is 2. The molecule has 1 rings (SSSR count). The van der Waals surface area contributed by atoms with Crippen molar-refractivity contribution < 1.29 is 9.53 Å². The topological polar surface area (TPSA) is 67.9 Å². The van der Waals surface area contributed by atoms with Crippen LogP contribution in [0.5, 0.6) is 0 Å². The van der Waals surface area contributed by atoms with Crippen molar-refractivity contribution in [3.05, 3.63) is 0 Å². The Kier molecular flexibility index (Phi) is 4.22. The van der Waals surface area contributed by atoms with E-state index in [1.54, 1.807) is 4.90 Å². The van der Waals surface area contributed by atoms with Crippen molar-refractivity contribution in [1.82, 2.24) is 4.90 Å². The molecule has 2 N–H and O–H groups in total. The molecule has 80 valence electrons. The lowest BCUT2D eigenvalue weighted by Gasteiger charge is -2.29. The monoisotopic (exact) mass is 199 g/mol. The first-order valence-corrected chi connectivity index (χ1v) is 4.93. The molecule has 0 aromatic rings. The quantitative estimate of drug-likeness (QED) is 0.523. The number of piperidine rings is 1. The highest BCUT2D eigenvalue weighted by atomic mass is 16.6. The molecular formula is C9H17N3O2. The number of aliphatic imine (C=N–C) groups is 1. The van der Waals surface area contributed by atoms with E-state index in [1.807, 2.05) is 6.92 Å². The molecule has 5 nitrogen and oxygen atoms in total. The van der Waals surface area contributed by atoms with Crippen LogP contribution in [0.2, 0.25) is 0 Å². The molecule has 0 spiro atoms. The van der Waals surface area contributed by atoms with Crippen LogP contribution >= 0.6 is 0 Å². The Morgan fingerprint density at radius 1 is 1.64 bits per heavy atom. The largest absolute Gasteiger partial charge is 0.450 e. The number of ether oxygens (including phenoxy) is 1. The van der Waals surface area contributed by atoms with Crippen LogP contribution < -0.4 is 5.73 Å². The molecule has 14 heavy (non-hydrogen) atoms. The molecule has 0 unspecified atom stereocenters. The van der Waals surface area contributed by atoms with E-state index in [0.717, 1.165) is 12.8 Å². The lowest BCUT2D eigenvalue weighted by atomic mass is 10.1. The third-order valence-corrected chi connectivity index (χ3v) is 2.29. The number of hydrogen-bond donors (Lipinski definition) is 1. The summed E-state index contributed by atoms with van der Waals surface area (Å²) in [6, 6.07) is 0.269. The molecule has 0 aliphatic carbocycles. The van der Waals surface area contributed by atoms with Crippen molar-refractivity contribution in [3.8, 4) is 0 Å². The van der Waals surface area contributed by atoms with E-state index in [2.05, 4.69) is 4.99 Å². The zero-order chi connectivity index (χ0) is 10.4. The number of carbonyl (C=O) groups is 1. The van der Waals surface area contributed by atoms with Crippen molar-refractivity contribution >= 4 is 12.4 Å². The third kappa shape index (κ3) is 2.90. The average Bonchev–Trinajstić information content (AvgIpc) is 2.20. The Morgan fingerprint density at radius 2 is 2.29 bits per heavy atom. The highest BCUT2D eigenvalue weighted by Gasteiger charge is 2.22. The van der Waals surface area contributed by atoms with Gasteiger partial charge in [0.25, 0.3) is 0 Å². The molecule has 0 radical (unpaired) electrons. The molecule has 0 atom stereocenters. The number of nitrogens with two attached hydrogens (primary N) is 1. The molecule has 0 bridgehead atoms. The van der Waals surface area contributed by atoms with Gasteiger partial charge in [0.2, 0.25) is 0 Å². The molecule has 1 amide bonds. The van der Waals surface area contributed by atoms with E-state index in [4.69, 9.17) is 10.5 Å². The number of likely N-dealkylation sites (tertiary alicyclic amines) is 1. The van der Waals surface area contributed by atoms with E-state index >= 15 is 0 Å². The molecule has 0 saturated carbocycles. The number of hydrogen-bond acceptors (Lipinski definition) is 3. The fourth-order valence-electron chi connectivity index (χ4n) is 1.53.